The molecule has 2 aliphatic carbocycles. The molecule has 0 aromatic rings. The number of hydrogen-bond donors (Lipinski definition) is 1. The summed E-state index contributed by atoms with van der Waals surface area (Å²) < 4.78 is 0. The first-order valence-electron chi connectivity index (χ1n) is 5.36. The zero-order chi connectivity index (χ0) is 9.53. The van der Waals surface area contributed by atoms with E-state index < -0.39 is 0 Å². The number of rotatable bonds is 1. The van der Waals surface area contributed by atoms with E-state index in [0.717, 1.165) is 19.3 Å². The molecule has 2 N–H and O–H groups in total. The van der Waals surface area contributed by atoms with Crippen LogP contribution in [0.4, 0.5) is 0 Å². The highest BCUT2D eigenvalue weighted by molar-refractivity contribution is 5.81. The van der Waals surface area contributed by atoms with Gasteiger partial charge in [0.25, 0.3) is 0 Å². The summed E-state index contributed by atoms with van der Waals surface area (Å²) in [5, 5.41) is 0. The van der Waals surface area contributed by atoms with Gasteiger partial charge in [0, 0.05) is 5.41 Å². The van der Waals surface area contributed by atoms with Gasteiger partial charge >= 0.3 is 0 Å². The molecule has 0 aromatic heterocycles. The third-order valence-electron chi connectivity index (χ3n) is 4.16. The Balaban J connectivity index is 2.24. The van der Waals surface area contributed by atoms with Gasteiger partial charge in [-0.25, -0.2) is 0 Å². The molecule has 74 valence electrons. The first-order valence-corrected chi connectivity index (χ1v) is 5.36. The quantitative estimate of drug-likeness (QED) is 0.662. The van der Waals surface area contributed by atoms with Crippen LogP contribution in [0.1, 0.15) is 51.9 Å². The summed E-state index contributed by atoms with van der Waals surface area (Å²) in [5.74, 6) is -0.0434. The normalized spacial score (nSPS) is 44.4. The molecule has 2 nitrogen and oxygen atoms in total. The number of primary amides is 1. The van der Waals surface area contributed by atoms with Gasteiger partial charge in [0.05, 0.1) is 0 Å². The molecule has 0 atom stereocenters. The Labute approximate surface area is 79.9 Å². The average Bonchev–Trinajstić information content (AvgIpc) is 2.02. The Bertz CT molecular complexity index is 224. The van der Waals surface area contributed by atoms with Crippen molar-refractivity contribution in [2.45, 2.75) is 51.9 Å². The summed E-state index contributed by atoms with van der Waals surface area (Å²) in [5.41, 5.74) is 5.83. The van der Waals surface area contributed by atoms with Crippen molar-refractivity contribution in [2.24, 2.45) is 16.6 Å². The molecule has 2 heteroatoms. The molecule has 0 unspecified atom stereocenters. The minimum atomic E-state index is -0.120. The number of nitrogens with two attached hydrogens (primary N) is 1. The van der Waals surface area contributed by atoms with Crippen LogP contribution in [0.15, 0.2) is 0 Å². The van der Waals surface area contributed by atoms with Crippen LogP contribution in [-0.4, -0.2) is 5.91 Å². The van der Waals surface area contributed by atoms with Crippen molar-refractivity contribution in [3.63, 3.8) is 0 Å². The van der Waals surface area contributed by atoms with Crippen LogP contribution in [0.25, 0.3) is 0 Å². The van der Waals surface area contributed by atoms with Crippen LogP contribution < -0.4 is 5.73 Å². The second-order valence-electron chi connectivity index (χ2n) is 5.34. The van der Waals surface area contributed by atoms with Gasteiger partial charge in [-0.1, -0.05) is 19.8 Å². The molecule has 1 amide bonds. The lowest BCUT2D eigenvalue weighted by atomic mass is 9.55. The molecule has 0 heterocycles. The standard InChI is InChI=1S/C11H19NO/c1-10-4-2-6-11(8-10,9(12)13)7-3-5-10/h2-8H2,1H3,(H2,12,13). The minimum Gasteiger partial charge on any atom is -0.369 e. The molecular weight excluding hydrogens is 162 g/mol. The lowest BCUT2D eigenvalue weighted by Gasteiger charge is -2.49. The molecule has 0 aromatic carbocycles. The molecule has 2 bridgehead atoms. The number of amides is 1. The molecule has 0 spiro atoms. The van der Waals surface area contributed by atoms with Gasteiger partial charge in [-0.15, -0.1) is 0 Å². The van der Waals surface area contributed by atoms with Crippen molar-refractivity contribution in [3.05, 3.63) is 0 Å². The Morgan fingerprint density at radius 2 is 1.69 bits per heavy atom. The van der Waals surface area contributed by atoms with Crippen LogP contribution in [0, 0.1) is 10.8 Å². The molecule has 0 aliphatic heterocycles. The topological polar surface area (TPSA) is 43.1 Å². The Kier molecular flexibility index (Phi) is 1.90. The van der Waals surface area contributed by atoms with Crippen LogP contribution >= 0.6 is 0 Å². The first kappa shape index (κ1) is 9.04. The van der Waals surface area contributed by atoms with Crippen molar-refractivity contribution in [1.82, 2.24) is 0 Å². The van der Waals surface area contributed by atoms with Crippen LogP contribution in [0.2, 0.25) is 0 Å². The zero-order valence-electron chi connectivity index (χ0n) is 8.44. The van der Waals surface area contributed by atoms with Crippen molar-refractivity contribution in [1.29, 1.82) is 0 Å². The van der Waals surface area contributed by atoms with Crippen LogP contribution in [0.5, 0.6) is 0 Å². The van der Waals surface area contributed by atoms with E-state index in [4.69, 9.17) is 5.73 Å². The van der Waals surface area contributed by atoms with E-state index in [1.807, 2.05) is 0 Å². The maximum Gasteiger partial charge on any atom is 0.223 e. The van der Waals surface area contributed by atoms with E-state index in [2.05, 4.69) is 6.92 Å². The average molecular weight is 181 g/mol. The fourth-order valence-corrected chi connectivity index (χ4v) is 3.46. The van der Waals surface area contributed by atoms with E-state index in [0.29, 0.717) is 5.41 Å². The maximum atomic E-state index is 11.5. The van der Waals surface area contributed by atoms with Gasteiger partial charge in [0.2, 0.25) is 5.91 Å². The Hall–Kier alpha value is -0.530. The van der Waals surface area contributed by atoms with E-state index >= 15 is 0 Å². The molecule has 2 saturated carbocycles. The van der Waals surface area contributed by atoms with Gasteiger partial charge in [0.1, 0.15) is 0 Å². The molecule has 2 fully saturated rings. The number of fused-ring (bicyclic) bond motifs is 2. The number of carbonyl (C=O) groups excluding carboxylic acids is 1. The monoisotopic (exact) mass is 181 g/mol. The van der Waals surface area contributed by atoms with Gasteiger partial charge in [-0.05, 0) is 37.5 Å². The smallest absolute Gasteiger partial charge is 0.223 e. The fraction of sp³-hybridized carbons (Fsp3) is 0.909. The highest BCUT2D eigenvalue weighted by Crippen LogP contribution is 2.55. The maximum absolute atomic E-state index is 11.5. The summed E-state index contributed by atoms with van der Waals surface area (Å²) in [6.45, 7) is 2.32. The number of hydrogen-bond acceptors (Lipinski definition) is 1. The van der Waals surface area contributed by atoms with Crippen molar-refractivity contribution < 1.29 is 4.79 Å². The van der Waals surface area contributed by atoms with Gasteiger partial charge in [-0.2, -0.15) is 0 Å². The third-order valence-corrected chi connectivity index (χ3v) is 4.16. The molecule has 0 radical (unpaired) electrons. The van der Waals surface area contributed by atoms with Gasteiger partial charge in [0.15, 0.2) is 0 Å². The largest absolute Gasteiger partial charge is 0.369 e. The Morgan fingerprint density at radius 3 is 2.08 bits per heavy atom. The summed E-state index contributed by atoms with van der Waals surface area (Å²) in [6, 6.07) is 0. The molecule has 13 heavy (non-hydrogen) atoms. The molecule has 2 aliphatic rings. The highest BCUT2D eigenvalue weighted by Gasteiger charge is 2.48. The van der Waals surface area contributed by atoms with E-state index in [1.165, 1.54) is 25.7 Å². The second-order valence-corrected chi connectivity index (χ2v) is 5.34. The summed E-state index contributed by atoms with van der Waals surface area (Å²) >= 11 is 0. The van der Waals surface area contributed by atoms with E-state index in [-0.39, 0.29) is 11.3 Å². The minimum absolute atomic E-state index is 0.0434. The molecular formula is C11H19NO. The van der Waals surface area contributed by atoms with Crippen molar-refractivity contribution in [3.8, 4) is 0 Å². The highest BCUT2D eigenvalue weighted by atomic mass is 16.1. The fourth-order valence-electron chi connectivity index (χ4n) is 3.46. The predicted octanol–water partition coefficient (Wildman–Crippen LogP) is 2.22. The van der Waals surface area contributed by atoms with Gasteiger partial charge in [-0.3, -0.25) is 4.79 Å². The van der Waals surface area contributed by atoms with Crippen LogP contribution in [-0.2, 0) is 4.79 Å². The first-order chi connectivity index (χ1) is 6.06. The SMILES string of the molecule is CC12CCCC(C(N)=O)(CCC1)C2. The van der Waals surface area contributed by atoms with Crippen LogP contribution in [0.3, 0.4) is 0 Å². The Morgan fingerprint density at radius 1 is 1.15 bits per heavy atom. The third kappa shape index (κ3) is 1.36. The second kappa shape index (κ2) is 2.73. The van der Waals surface area contributed by atoms with E-state index in [1.54, 1.807) is 0 Å². The van der Waals surface area contributed by atoms with Gasteiger partial charge < -0.3 is 5.73 Å². The number of carbonyl (C=O) groups is 1. The summed E-state index contributed by atoms with van der Waals surface area (Å²) in [7, 11) is 0. The van der Waals surface area contributed by atoms with Crippen molar-refractivity contribution in [2.75, 3.05) is 0 Å². The lowest BCUT2D eigenvalue weighted by Crippen LogP contribution is -2.47. The molecule has 2 rings (SSSR count). The lowest BCUT2D eigenvalue weighted by molar-refractivity contribution is -0.135. The predicted molar refractivity (Wildman–Crippen MR) is 52.1 cm³/mol. The van der Waals surface area contributed by atoms with E-state index in [9.17, 15) is 4.79 Å². The summed E-state index contributed by atoms with van der Waals surface area (Å²) in [6.07, 6.45) is 8.11. The zero-order valence-corrected chi connectivity index (χ0v) is 8.44. The van der Waals surface area contributed by atoms with Crippen molar-refractivity contribution >= 4 is 5.91 Å². The summed E-state index contributed by atoms with van der Waals surface area (Å²) in [4.78, 5) is 11.5. The molecule has 0 saturated heterocycles.